The van der Waals surface area contributed by atoms with Gasteiger partial charge in [-0.3, -0.25) is 0 Å². The zero-order valence-corrected chi connectivity index (χ0v) is 10.4. The van der Waals surface area contributed by atoms with Gasteiger partial charge in [0.05, 0.1) is 0 Å². The molecule has 0 saturated heterocycles. The number of rotatable bonds is 0. The third-order valence-corrected chi connectivity index (χ3v) is 0. The molecule has 0 aliphatic rings. The van der Waals surface area contributed by atoms with E-state index in [9.17, 15) is 0 Å². The van der Waals surface area contributed by atoms with Gasteiger partial charge in [-0.05, 0) is 0 Å². The van der Waals surface area contributed by atoms with Crippen LogP contribution in [0.2, 0.25) is 0 Å². The van der Waals surface area contributed by atoms with Crippen LogP contribution in [0.15, 0.2) is 0 Å². The molecule has 0 N–H and O–H groups in total. The van der Waals surface area contributed by atoms with E-state index in [0.717, 1.165) is 0 Å². The maximum Gasteiger partial charge on any atom is 0.187 e. The van der Waals surface area contributed by atoms with E-state index < -0.39 is 0 Å². The number of hydrogen-bond donors (Lipinski definition) is 0. The van der Waals surface area contributed by atoms with E-state index >= 15 is 0 Å². The minimum absolute atomic E-state index is 0. The van der Waals surface area contributed by atoms with Crippen molar-refractivity contribution in [1.29, 1.82) is 0 Å². The second kappa shape index (κ2) is 24.3. The molecule has 0 heterocycles. The van der Waals surface area contributed by atoms with Crippen LogP contribution in [-0.4, -0.2) is 17.4 Å². The molecule has 5 heteroatoms. The Hall–Kier alpha value is 4.12. The molecule has 0 fully saturated rings. The van der Waals surface area contributed by atoms with Crippen LogP contribution >= 0.6 is 0 Å². The third-order valence-electron chi connectivity index (χ3n) is 0. The fourth-order valence-electron chi connectivity index (χ4n) is 0. The van der Waals surface area contributed by atoms with Gasteiger partial charge < -0.3 is 0 Å². The van der Waals surface area contributed by atoms with Crippen LogP contribution in [0.4, 0.5) is 0 Å². The smallest absolute Gasteiger partial charge is 0 e. The van der Waals surface area contributed by atoms with Crippen molar-refractivity contribution < 1.29 is 111 Å². The Morgan fingerprint density at radius 2 is 1.00 bits per heavy atom. The zero-order chi connectivity index (χ0) is 0. The van der Waals surface area contributed by atoms with Gasteiger partial charge in [-0.15, -0.1) is 0 Å². The van der Waals surface area contributed by atoms with Crippen molar-refractivity contribution in [2.75, 3.05) is 0 Å². The molecule has 0 aromatic rings. The summed E-state index contributed by atoms with van der Waals surface area (Å²) >= 11 is 0. The van der Waals surface area contributed by atoms with Crippen LogP contribution < -0.4 is 0 Å². The van der Waals surface area contributed by atoms with Gasteiger partial charge in [-0.1, -0.05) is 0 Å². The zero-order valence-electron chi connectivity index (χ0n) is 1.70. The van der Waals surface area contributed by atoms with Crippen molar-refractivity contribution in [2.24, 2.45) is 0 Å². The molecule has 0 spiro atoms. The molecule has 0 aromatic carbocycles. The SMILES string of the molecule is [AlH3].[Ce].[Cu].[La].[Ni]. The van der Waals surface area contributed by atoms with Crippen molar-refractivity contribution in [3.8, 4) is 0 Å². The fourth-order valence-corrected chi connectivity index (χ4v) is 0. The van der Waals surface area contributed by atoms with Gasteiger partial charge in [0.2, 0.25) is 0 Å². The molecule has 0 rings (SSSR count). The third kappa shape index (κ3) is 17.9. The molecule has 0 aliphatic carbocycles. The topological polar surface area (TPSA) is 0 Å². The van der Waals surface area contributed by atoms with Crippen molar-refractivity contribution >= 4 is 17.4 Å². The van der Waals surface area contributed by atoms with Gasteiger partial charge in [-0.2, -0.15) is 0 Å². The Bertz CT molecular complexity index is 11.6. The predicted octanol–water partition coefficient (Wildman–Crippen LogP) is -1.19. The molecule has 0 nitrogen and oxygen atoms in total. The first-order chi connectivity index (χ1) is 0. The second-order valence-electron chi connectivity index (χ2n) is 0. The minimum atomic E-state index is 0. The molecule has 0 aliphatic heterocycles. The molecular weight excluding hydrogens is 428 g/mol. The van der Waals surface area contributed by atoms with Crippen LogP contribution in [0.25, 0.3) is 0 Å². The summed E-state index contributed by atoms with van der Waals surface area (Å²) in [6, 6.07) is 0. The van der Waals surface area contributed by atoms with Crippen LogP contribution in [0.3, 0.4) is 0 Å². The average Bonchev–Trinajstić information content (AvgIpc) is 0. The van der Waals surface area contributed by atoms with Gasteiger partial charge in [0.15, 0.2) is 17.4 Å². The van der Waals surface area contributed by atoms with Gasteiger partial charge in [0, 0.05) is 111 Å². The summed E-state index contributed by atoms with van der Waals surface area (Å²) in [6.45, 7) is 0. The van der Waals surface area contributed by atoms with Gasteiger partial charge in [-0.25, -0.2) is 0 Å². The van der Waals surface area contributed by atoms with E-state index in [0.29, 0.717) is 0 Å². The Kier molecular flexibility index (Phi) is 172. The first-order valence-electron chi connectivity index (χ1n) is 0. The summed E-state index contributed by atoms with van der Waals surface area (Å²) in [5.41, 5.74) is 0. The summed E-state index contributed by atoms with van der Waals surface area (Å²) in [5.74, 6) is 0. The molecule has 2 radical (unpaired) electrons. The normalized spacial score (nSPS) is 0. The second-order valence-corrected chi connectivity index (χ2v) is 0. The van der Waals surface area contributed by atoms with Crippen LogP contribution in [0.1, 0.15) is 0 Å². The molecule has 5 heavy (non-hydrogen) atoms. The number of hydrogen-bond acceptors (Lipinski definition) is 0. The molecule has 0 unspecified atom stereocenters. The Morgan fingerprint density at radius 3 is 1.00 bits per heavy atom. The largest absolute Gasteiger partial charge is 0.187 e. The van der Waals surface area contributed by atoms with Gasteiger partial charge in [0.25, 0.3) is 0 Å². The Morgan fingerprint density at radius 1 is 1.00 bits per heavy atom. The van der Waals surface area contributed by atoms with Crippen molar-refractivity contribution in [3.63, 3.8) is 0 Å². The molecule has 0 amide bonds. The van der Waals surface area contributed by atoms with Gasteiger partial charge >= 0.3 is 0 Å². The predicted molar refractivity (Wildman–Crippen MR) is 9.94 cm³/mol. The van der Waals surface area contributed by atoms with Crippen LogP contribution in [0, 0.1) is 77.3 Å². The monoisotopic (exact) mass is 430 g/mol. The van der Waals surface area contributed by atoms with Crippen molar-refractivity contribution in [2.45, 2.75) is 0 Å². The Balaban J connectivity index is 0. The summed E-state index contributed by atoms with van der Waals surface area (Å²) in [7, 11) is 0. The van der Waals surface area contributed by atoms with Crippen LogP contribution in [0.5, 0.6) is 0 Å². The minimum Gasteiger partial charge on any atom is 0 e. The Labute approximate surface area is 125 Å². The average molecular weight is 431 g/mol. The molecule has 0 aromatic heterocycles. The molecular formula is H3AlCeCuLaNi. The molecule has 0 saturated carbocycles. The van der Waals surface area contributed by atoms with Gasteiger partial charge in [0.1, 0.15) is 0 Å². The van der Waals surface area contributed by atoms with E-state index in [4.69, 9.17) is 0 Å². The van der Waals surface area contributed by atoms with E-state index in [1.54, 1.807) is 0 Å². The van der Waals surface area contributed by atoms with E-state index in [1.165, 1.54) is 0 Å². The standard InChI is InChI=1S/Al.Ce.Cu.La.Ni.3H. The van der Waals surface area contributed by atoms with E-state index in [1.807, 2.05) is 0 Å². The van der Waals surface area contributed by atoms with Crippen LogP contribution in [-0.2, 0) is 33.6 Å². The van der Waals surface area contributed by atoms with E-state index in [-0.39, 0.29) is 128 Å². The molecule has 0 bridgehead atoms. The summed E-state index contributed by atoms with van der Waals surface area (Å²) in [5, 5.41) is 0. The molecule has 34 valence electrons. The van der Waals surface area contributed by atoms with Crippen molar-refractivity contribution in [1.82, 2.24) is 0 Å². The van der Waals surface area contributed by atoms with E-state index in [2.05, 4.69) is 0 Å². The summed E-state index contributed by atoms with van der Waals surface area (Å²) in [6.07, 6.45) is 0. The first kappa shape index (κ1) is 35.4. The fraction of sp³-hybridized carbons (Fsp3) is 0. The summed E-state index contributed by atoms with van der Waals surface area (Å²) < 4.78 is 0. The maximum atomic E-state index is 0. The summed E-state index contributed by atoms with van der Waals surface area (Å²) in [4.78, 5) is 0. The van der Waals surface area contributed by atoms with Crippen molar-refractivity contribution in [3.05, 3.63) is 0 Å². The maximum absolute atomic E-state index is 0. The molecule has 0 atom stereocenters. The quantitative estimate of drug-likeness (QED) is 0.424. The first-order valence-corrected chi connectivity index (χ1v) is 0.